The first-order chi connectivity index (χ1) is 53.7. The van der Waals surface area contributed by atoms with Crippen LogP contribution in [0.3, 0.4) is 0 Å². The lowest BCUT2D eigenvalue weighted by molar-refractivity contribution is -0.326. The van der Waals surface area contributed by atoms with Gasteiger partial charge in [-0.25, -0.2) is 79.0 Å². The Morgan fingerprint density at radius 2 is 0.661 bits per heavy atom. The number of anilines is 8. The van der Waals surface area contributed by atoms with E-state index in [1.807, 2.05) is 78.2 Å². The van der Waals surface area contributed by atoms with Gasteiger partial charge in [0.1, 0.15) is 67.4 Å². The van der Waals surface area contributed by atoms with Crippen LogP contribution in [0.25, 0.3) is 44.1 Å². The third-order valence-electron chi connectivity index (χ3n) is 20.9. The van der Waals surface area contributed by atoms with Crippen LogP contribution in [0, 0.1) is 41.5 Å². The molecule has 0 unspecified atom stereocenters. The van der Waals surface area contributed by atoms with Crippen molar-refractivity contribution >= 4 is 162 Å². The van der Waals surface area contributed by atoms with Gasteiger partial charge in [-0.15, -0.1) is 0 Å². The molecular weight excluding hydrogens is 1500 g/mol. The van der Waals surface area contributed by atoms with Crippen LogP contribution in [0.15, 0.2) is 128 Å². The average Bonchev–Trinajstić information content (AvgIpc) is 1.52. The Morgan fingerprint density at radius 3 is 0.973 bits per heavy atom. The van der Waals surface area contributed by atoms with Crippen LogP contribution in [0.1, 0.15) is 73.6 Å². The van der Waals surface area contributed by atoms with E-state index in [1.165, 1.54) is 38.9 Å². The molecule has 4 fully saturated rings. The minimum atomic E-state index is -0.129. The summed E-state index contributed by atoms with van der Waals surface area (Å²) in [6, 6.07) is 32.9. The lowest BCUT2D eigenvalue weighted by atomic mass is 9.87. The lowest BCUT2D eigenvalue weighted by Gasteiger charge is -2.39. The topological polar surface area (TPSA) is 314 Å². The predicted molar refractivity (Wildman–Crippen MR) is 444 cm³/mol. The Balaban J connectivity index is 0.000000131. The molecule has 32 heteroatoms. The Morgan fingerprint density at radius 1 is 0.375 bits per heavy atom. The number of aromatic nitrogens is 12. The molecule has 4 aromatic carbocycles. The largest absolute Gasteiger partial charge is 0.382 e. The van der Waals surface area contributed by atoms with E-state index >= 15 is 0 Å². The summed E-state index contributed by atoms with van der Waals surface area (Å²) in [6.45, 7) is 32.1. The van der Waals surface area contributed by atoms with Crippen LogP contribution in [0.2, 0.25) is 20.1 Å². The first-order valence-corrected chi connectivity index (χ1v) is 39.0. The first-order valence-electron chi connectivity index (χ1n) is 37.5. The Bertz CT molecular complexity index is 5130. The number of nitrogens with zero attached hydrogens (tertiary/aromatic N) is 12. The molecule has 28 nitrogen and oxygen atoms in total. The number of nitrogens with one attached hydrogen (secondary N) is 12. The molecule has 8 aromatic heterocycles. The molecule has 12 heterocycles. The standard InChI is InChI=1S/C21H25ClN6O.2C20H23ClN6O.C19H21ClN6O/c1-21(2,3)14-6-7-16-17(13-14)25-19(24-16)26-20(29)28-11-9-27(10-12-28)18-15(22)5-4-8-23-18;2*1-12-9-16-17(10-13(12)2)24-19(23-16)25-20(28)27-8-7-26(11-14(27)3)18-15(21)5-4-6-22-18;1-12-10-15-16(11-13(12)2)23-18(22-15)24-19(27)26-8-6-25(7-9-26)17-14(20)4-3-5-21-17/h4-8,13H,9-12H2,1-3H3,(H2,24,25,26,29);2*4-6,9-10,14H,7-8,11H2,1-3H3,(H2,23,24,25,28);3-5,10-11H,6-9H2,1-2H3,(H2,22,23,24,27)/p+4/t;2*14-;/m.10./s1. The van der Waals surface area contributed by atoms with Crippen LogP contribution < -0.4 is 60.8 Å². The monoisotopic (exact) mass is 1600 g/mol. The fourth-order valence-corrected chi connectivity index (χ4v) is 15.0. The van der Waals surface area contributed by atoms with Crippen molar-refractivity contribution in [2.75, 3.05) is 132 Å². The number of pyridine rings is 4. The molecule has 0 aliphatic carbocycles. The first kappa shape index (κ1) is 78.9. The molecule has 112 heavy (non-hydrogen) atoms. The van der Waals surface area contributed by atoms with E-state index in [2.05, 4.69) is 212 Å². The maximum Gasteiger partial charge on any atom is 0.382 e. The van der Waals surface area contributed by atoms with E-state index in [-0.39, 0.29) is 41.6 Å². The number of hydrogen-bond acceptors (Lipinski definition) is 12. The van der Waals surface area contributed by atoms with Crippen LogP contribution in [-0.2, 0) is 5.41 Å². The third-order valence-corrected chi connectivity index (χ3v) is 22.0. The van der Waals surface area contributed by atoms with Gasteiger partial charge in [-0.2, -0.15) is 21.3 Å². The van der Waals surface area contributed by atoms with Crippen molar-refractivity contribution in [3.05, 3.63) is 187 Å². The smallest absolute Gasteiger partial charge is 0.352 e. The number of fused-ring (bicyclic) bond motifs is 4. The van der Waals surface area contributed by atoms with Crippen molar-refractivity contribution in [3.63, 3.8) is 0 Å². The van der Waals surface area contributed by atoms with E-state index in [0.29, 0.717) is 136 Å². The fourth-order valence-electron chi connectivity index (χ4n) is 14.1. The number of hydrogen-bond donors (Lipinski definition) is 8. The Hall–Kier alpha value is -11.2. The zero-order valence-corrected chi connectivity index (χ0v) is 67.7. The maximum absolute atomic E-state index is 12.8. The van der Waals surface area contributed by atoms with Gasteiger partial charge in [0.25, 0.3) is 0 Å². The van der Waals surface area contributed by atoms with Crippen LogP contribution in [-0.4, -0.2) is 187 Å². The number of benzene rings is 4. The second-order valence-electron chi connectivity index (χ2n) is 29.8. The minimum absolute atomic E-state index is 0.0284. The summed E-state index contributed by atoms with van der Waals surface area (Å²) in [5, 5.41) is 14.3. The van der Waals surface area contributed by atoms with E-state index in [4.69, 9.17) is 46.4 Å². The molecule has 4 saturated heterocycles. The predicted octanol–water partition coefficient (Wildman–Crippen LogP) is 13.5. The van der Waals surface area contributed by atoms with Crippen molar-refractivity contribution in [1.82, 2.24) is 59.5 Å². The molecule has 4 aliphatic rings. The molecule has 0 bridgehead atoms. The summed E-state index contributed by atoms with van der Waals surface area (Å²) in [5.41, 5.74) is 16.3. The highest BCUT2D eigenvalue weighted by molar-refractivity contribution is 6.34. The van der Waals surface area contributed by atoms with Crippen molar-refractivity contribution in [3.8, 4) is 0 Å². The second kappa shape index (κ2) is 34.2. The number of aryl methyl sites for hydroxylation is 6. The number of halogens is 4. The van der Waals surface area contributed by atoms with E-state index in [0.717, 1.165) is 67.4 Å². The summed E-state index contributed by atoms with van der Waals surface area (Å²) >= 11 is 25.0. The van der Waals surface area contributed by atoms with Crippen molar-refractivity contribution in [1.29, 1.82) is 0 Å². The highest BCUT2D eigenvalue weighted by Crippen LogP contribution is 2.31. The van der Waals surface area contributed by atoms with E-state index in [9.17, 15) is 19.2 Å². The normalized spacial score (nSPS) is 16.0. The highest BCUT2D eigenvalue weighted by Gasteiger charge is 2.35. The molecule has 12 aromatic rings. The van der Waals surface area contributed by atoms with Gasteiger partial charge in [-0.05, 0) is 197 Å². The summed E-state index contributed by atoms with van der Waals surface area (Å²) in [5.74, 6) is 5.44. The van der Waals surface area contributed by atoms with Gasteiger partial charge in [-0.3, -0.25) is 0 Å². The molecule has 0 radical (unpaired) electrons. The number of carbonyl (C=O) groups is 4. The van der Waals surface area contributed by atoms with Gasteiger partial charge >= 0.3 is 47.9 Å². The van der Waals surface area contributed by atoms with Crippen LogP contribution >= 0.6 is 46.4 Å². The van der Waals surface area contributed by atoms with Crippen molar-refractivity contribution in [2.45, 2.75) is 93.7 Å². The number of rotatable bonds is 8. The van der Waals surface area contributed by atoms with Gasteiger partial charge in [0.15, 0.2) is 0 Å². The lowest BCUT2D eigenvalue weighted by Crippen LogP contribution is -2.55. The van der Waals surface area contributed by atoms with Gasteiger partial charge < -0.3 is 39.2 Å². The molecule has 0 saturated carbocycles. The zero-order chi connectivity index (χ0) is 79.2. The van der Waals surface area contributed by atoms with Crippen molar-refractivity contribution < 1.29 is 39.1 Å². The van der Waals surface area contributed by atoms with Crippen LogP contribution in [0.5, 0.6) is 0 Å². The maximum atomic E-state index is 12.8. The number of piperazine rings is 4. The molecule has 2 atom stereocenters. The zero-order valence-electron chi connectivity index (χ0n) is 64.7. The molecule has 584 valence electrons. The summed E-state index contributed by atoms with van der Waals surface area (Å²) in [7, 11) is 0. The van der Waals surface area contributed by atoms with Gasteiger partial charge in [0, 0.05) is 128 Å². The van der Waals surface area contributed by atoms with Crippen molar-refractivity contribution in [2.24, 2.45) is 0 Å². The molecule has 12 N–H and O–H groups in total. The fraction of sp³-hybridized carbons (Fsp3) is 0.350. The Kier molecular flexibility index (Phi) is 24.1. The van der Waals surface area contributed by atoms with Crippen LogP contribution in [0.4, 0.5) is 66.2 Å². The van der Waals surface area contributed by atoms with Gasteiger partial charge in [-0.1, -0.05) is 73.2 Å². The number of H-pyrrole nitrogens is 8. The van der Waals surface area contributed by atoms with E-state index < -0.39 is 0 Å². The number of urea groups is 4. The molecule has 4 aliphatic heterocycles. The number of carbonyl (C=O) groups excluding carboxylic acids is 4. The van der Waals surface area contributed by atoms with E-state index in [1.54, 1.807) is 34.6 Å². The second-order valence-corrected chi connectivity index (χ2v) is 31.5. The Labute approximate surface area is 669 Å². The average molecular weight is 1600 g/mol. The van der Waals surface area contributed by atoms with Gasteiger partial charge in [0.05, 0.1) is 20.1 Å². The summed E-state index contributed by atoms with van der Waals surface area (Å²) in [4.78, 5) is 110. The molecular formula is C80H96Cl4N24O4+4. The minimum Gasteiger partial charge on any atom is -0.352 e. The summed E-state index contributed by atoms with van der Waals surface area (Å²) in [6.07, 6.45) is 6.94. The van der Waals surface area contributed by atoms with Gasteiger partial charge in [0.2, 0.25) is 0 Å². The molecule has 8 amide bonds. The number of aromatic amines is 8. The number of amides is 8. The molecule has 16 rings (SSSR count). The highest BCUT2D eigenvalue weighted by atomic mass is 35.5. The SMILES string of the molecule is CC(C)(C)c1ccc2[nH+]c(NC(=O)N3CCN(c4ncccc4Cl)CC3)[nH]c2c1.Cc1cc2[nH]c(NC(=O)N3CCN(c4ncccc4Cl)CC3)[nH+]c2cc1C.Cc1cc2[nH]c(NC(=O)N3CCN(c4ncccc4Cl)C[C@@H]3C)[nH+]c2cc1C.Cc1cc2[nH]c(NC(=O)N3CCN(c4ncccc4Cl)C[C@H]3C)[nH+]c2cc1C. The number of imidazole rings is 4. The third kappa shape index (κ3) is 18.5. The molecule has 0 spiro atoms. The quantitative estimate of drug-likeness (QED) is 0.0704. The summed E-state index contributed by atoms with van der Waals surface area (Å²) < 4.78 is 0.